The van der Waals surface area contributed by atoms with Crippen LogP contribution in [-0.4, -0.2) is 57.9 Å². The van der Waals surface area contributed by atoms with Crippen LogP contribution in [0.2, 0.25) is 5.02 Å². The smallest absolute Gasteiger partial charge is 0.244 e. The SMILES string of the molecule is CCOc1cc(N2CCN(C(=O)Cn3nc(-c4ccccn4)c(Cl)c3C)[C@@H](C)C2)ccc1I. The highest BCUT2D eigenvalue weighted by Crippen LogP contribution is 2.30. The van der Waals surface area contributed by atoms with Crippen molar-refractivity contribution in [1.82, 2.24) is 19.7 Å². The molecule has 0 bridgehead atoms. The Hall–Kier alpha value is -2.33. The molecule has 0 unspecified atom stereocenters. The number of ether oxygens (including phenoxy) is 1. The Bertz CT molecular complexity index is 1140. The summed E-state index contributed by atoms with van der Waals surface area (Å²) < 4.78 is 8.53. The van der Waals surface area contributed by atoms with E-state index in [2.05, 4.69) is 62.7 Å². The minimum atomic E-state index is 0.0367. The maximum absolute atomic E-state index is 13.2. The van der Waals surface area contributed by atoms with Crippen molar-refractivity contribution in [1.29, 1.82) is 0 Å². The molecule has 9 heteroatoms. The van der Waals surface area contributed by atoms with Gasteiger partial charge in [0.2, 0.25) is 5.91 Å². The normalized spacial score (nSPS) is 16.2. The van der Waals surface area contributed by atoms with Gasteiger partial charge >= 0.3 is 0 Å². The molecule has 1 saturated heterocycles. The number of benzene rings is 1. The molecule has 0 N–H and O–H groups in total. The number of amides is 1. The highest BCUT2D eigenvalue weighted by Gasteiger charge is 2.29. The van der Waals surface area contributed by atoms with Crippen LogP contribution in [0, 0.1) is 10.5 Å². The van der Waals surface area contributed by atoms with Gasteiger partial charge in [0, 0.05) is 43.6 Å². The van der Waals surface area contributed by atoms with Crippen molar-refractivity contribution >= 4 is 45.8 Å². The van der Waals surface area contributed by atoms with Gasteiger partial charge in [-0.15, -0.1) is 0 Å². The van der Waals surface area contributed by atoms with E-state index in [1.165, 1.54) is 0 Å². The zero-order valence-corrected chi connectivity index (χ0v) is 21.9. The van der Waals surface area contributed by atoms with E-state index in [1.54, 1.807) is 10.9 Å². The summed E-state index contributed by atoms with van der Waals surface area (Å²) in [5, 5.41) is 5.12. The topological polar surface area (TPSA) is 63.5 Å². The first kappa shape index (κ1) is 23.8. The second-order valence-corrected chi connectivity index (χ2v) is 9.59. The zero-order valence-electron chi connectivity index (χ0n) is 19.0. The minimum absolute atomic E-state index is 0.0367. The predicted octanol–water partition coefficient (Wildman–Crippen LogP) is 4.65. The number of aromatic nitrogens is 3. The fourth-order valence-electron chi connectivity index (χ4n) is 4.08. The lowest BCUT2D eigenvalue weighted by Crippen LogP contribution is -2.54. The van der Waals surface area contributed by atoms with Gasteiger partial charge in [0.05, 0.1) is 26.6 Å². The standard InChI is InChI=1S/C24H27ClIN5O2/c1-4-33-21-13-18(8-9-19(21)26)29-11-12-30(16(2)14-29)22(32)15-31-17(3)23(25)24(28-31)20-7-5-6-10-27-20/h5-10,13,16H,4,11-12,14-15H2,1-3H3/t16-/m0/s1. The molecule has 2 aromatic heterocycles. The van der Waals surface area contributed by atoms with E-state index < -0.39 is 0 Å². The molecule has 1 aliphatic rings. The second kappa shape index (κ2) is 10.3. The predicted molar refractivity (Wildman–Crippen MR) is 139 cm³/mol. The molecule has 174 valence electrons. The highest BCUT2D eigenvalue weighted by molar-refractivity contribution is 14.1. The van der Waals surface area contributed by atoms with E-state index >= 15 is 0 Å². The van der Waals surface area contributed by atoms with Crippen molar-refractivity contribution in [2.75, 3.05) is 31.1 Å². The Morgan fingerprint density at radius 2 is 2.09 bits per heavy atom. The average molecular weight is 580 g/mol. The average Bonchev–Trinajstić information content (AvgIpc) is 3.09. The molecule has 3 aromatic rings. The van der Waals surface area contributed by atoms with E-state index in [1.807, 2.05) is 36.9 Å². The van der Waals surface area contributed by atoms with Gasteiger partial charge in [0.15, 0.2) is 0 Å². The minimum Gasteiger partial charge on any atom is -0.493 e. The third-order valence-electron chi connectivity index (χ3n) is 5.85. The van der Waals surface area contributed by atoms with Crippen LogP contribution in [0.5, 0.6) is 5.75 Å². The molecule has 3 heterocycles. The van der Waals surface area contributed by atoms with Gasteiger partial charge in [-0.05, 0) is 67.6 Å². The second-order valence-electron chi connectivity index (χ2n) is 8.05. The van der Waals surface area contributed by atoms with Crippen molar-refractivity contribution in [3.63, 3.8) is 0 Å². The molecule has 0 radical (unpaired) electrons. The maximum Gasteiger partial charge on any atom is 0.244 e. The Balaban J connectivity index is 1.44. The number of piperazine rings is 1. The number of hydrogen-bond acceptors (Lipinski definition) is 5. The van der Waals surface area contributed by atoms with Gasteiger partial charge < -0.3 is 14.5 Å². The molecule has 0 aliphatic carbocycles. The molecular weight excluding hydrogens is 553 g/mol. The summed E-state index contributed by atoms with van der Waals surface area (Å²) >= 11 is 8.80. The summed E-state index contributed by atoms with van der Waals surface area (Å²) in [5.74, 6) is 0.936. The van der Waals surface area contributed by atoms with E-state index in [0.29, 0.717) is 29.6 Å². The van der Waals surface area contributed by atoms with E-state index in [0.717, 1.165) is 33.8 Å². The summed E-state index contributed by atoms with van der Waals surface area (Å²) in [6.07, 6.45) is 1.71. The Morgan fingerprint density at radius 3 is 2.79 bits per heavy atom. The van der Waals surface area contributed by atoms with Gasteiger partial charge in [-0.1, -0.05) is 17.7 Å². The Labute approximate surface area is 212 Å². The molecule has 33 heavy (non-hydrogen) atoms. The lowest BCUT2D eigenvalue weighted by Gasteiger charge is -2.41. The summed E-state index contributed by atoms with van der Waals surface area (Å²) in [6.45, 7) is 8.92. The van der Waals surface area contributed by atoms with Crippen LogP contribution < -0.4 is 9.64 Å². The number of carbonyl (C=O) groups is 1. The highest BCUT2D eigenvalue weighted by atomic mass is 127. The molecule has 4 rings (SSSR count). The monoisotopic (exact) mass is 579 g/mol. The van der Waals surface area contributed by atoms with Crippen LogP contribution >= 0.6 is 34.2 Å². The van der Waals surface area contributed by atoms with Crippen molar-refractivity contribution < 1.29 is 9.53 Å². The van der Waals surface area contributed by atoms with Crippen LogP contribution in [0.25, 0.3) is 11.4 Å². The van der Waals surface area contributed by atoms with Crippen molar-refractivity contribution in [2.45, 2.75) is 33.4 Å². The number of pyridine rings is 1. The van der Waals surface area contributed by atoms with Gasteiger partial charge in [-0.3, -0.25) is 14.5 Å². The van der Waals surface area contributed by atoms with Crippen molar-refractivity contribution in [3.05, 3.63) is 56.9 Å². The fraction of sp³-hybridized carbons (Fsp3) is 0.375. The third kappa shape index (κ3) is 5.11. The van der Waals surface area contributed by atoms with Crippen molar-refractivity contribution in [2.24, 2.45) is 0 Å². The number of nitrogens with zero attached hydrogens (tertiary/aromatic N) is 5. The van der Waals surface area contributed by atoms with Crippen LogP contribution in [0.1, 0.15) is 19.5 Å². The van der Waals surface area contributed by atoms with Crippen LogP contribution in [-0.2, 0) is 11.3 Å². The van der Waals surface area contributed by atoms with E-state index in [9.17, 15) is 4.79 Å². The van der Waals surface area contributed by atoms with Gasteiger partial charge in [0.25, 0.3) is 0 Å². The molecule has 0 saturated carbocycles. The number of halogens is 2. The maximum atomic E-state index is 13.2. The lowest BCUT2D eigenvalue weighted by molar-refractivity contribution is -0.134. The number of carbonyl (C=O) groups excluding carboxylic acids is 1. The van der Waals surface area contributed by atoms with Crippen LogP contribution in [0.15, 0.2) is 42.6 Å². The Kier molecular flexibility index (Phi) is 7.43. The summed E-state index contributed by atoms with van der Waals surface area (Å²) in [4.78, 5) is 21.8. The quantitative estimate of drug-likeness (QED) is 0.398. The Morgan fingerprint density at radius 1 is 1.27 bits per heavy atom. The third-order valence-corrected chi connectivity index (χ3v) is 7.20. The largest absolute Gasteiger partial charge is 0.493 e. The lowest BCUT2D eigenvalue weighted by atomic mass is 10.1. The molecule has 1 atom stereocenters. The number of anilines is 1. The molecule has 1 fully saturated rings. The van der Waals surface area contributed by atoms with Crippen molar-refractivity contribution in [3.8, 4) is 17.1 Å². The summed E-state index contributed by atoms with van der Waals surface area (Å²) in [6, 6.07) is 12.0. The summed E-state index contributed by atoms with van der Waals surface area (Å²) in [7, 11) is 0. The zero-order chi connectivity index (χ0) is 23.5. The first-order valence-electron chi connectivity index (χ1n) is 11.0. The number of hydrogen-bond donors (Lipinski definition) is 0. The molecule has 1 amide bonds. The fourth-order valence-corrected chi connectivity index (χ4v) is 4.80. The first-order chi connectivity index (χ1) is 15.9. The van der Waals surface area contributed by atoms with Gasteiger partial charge in [0.1, 0.15) is 18.0 Å². The first-order valence-corrected chi connectivity index (χ1v) is 12.5. The molecule has 1 aromatic carbocycles. The van der Waals surface area contributed by atoms with E-state index in [-0.39, 0.29) is 18.5 Å². The van der Waals surface area contributed by atoms with Crippen LogP contribution in [0.4, 0.5) is 5.69 Å². The van der Waals surface area contributed by atoms with Gasteiger partial charge in [-0.25, -0.2) is 0 Å². The van der Waals surface area contributed by atoms with E-state index in [4.69, 9.17) is 16.3 Å². The summed E-state index contributed by atoms with van der Waals surface area (Å²) in [5.41, 5.74) is 3.18. The van der Waals surface area contributed by atoms with Gasteiger partial charge in [-0.2, -0.15) is 5.10 Å². The molecule has 0 spiro atoms. The molecule has 1 aliphatic heterocycles. The number of rotatable bonds is 6. The van der Waals surface area contributed by atoms with Crippen LogP contribution in [0.3, 0.4) is 0 Å². The molecular formula is C24H27ClIN5O2. The molecule has 7 nitrogen and oxygen atoms in total.